The first-order valence-corrected chi connectivity index (χ1v) is 8.51. The molecule has 0 saturated carbocycles. The molecule has 0 aliphatic carbocycles. The van der Waals surface area contributed by atoms with Crippen molar-refractivity contribution >= 4 is 27.5 Å². The average molecular weight is 406 g/mol. The second-order valence-electron chi connectivity index (χ2n) is 5.71. The van der Waals surface area contributed by atoms with Gasteiger partial charge in [0.05, 0.1) is 34.8 Å². The number of carbonyl (C=O) groups is 1. The largest absolute Gasteiger partial charge is 0.322 e. The number of hydrogen-bond donors (Lipinski definition) is 1. The first-order valence-electron chi connectivity index (χ1n) is 7.72. The first kappa shape index (κ1) is 17.3. The van der Waals surface area contributed by atoms with Gasteiger partial charge in [0, 0.05) is 11.8 Å². The highest BCUT2D eigenvalue weighted by Crippen LogP contribution is 2.19. The van der Waals surface area contributed by atoms with E-state index in [-0.39, 0.29) is 11.7 Å². The Bertz CT molecular complexity index is 904. The van der Waals surface area contributed by atoms with Crippen LogP contribution in [-0.4, -0.2) is 25.5 Å². The highest BCUT2D eigenvalue weighted by atomic mass is 79.9. The van der Waals surface area contributed by atoms with Gasteiger partial charge in [-0.15, -0.1) is 0 Å². The van der Waals surface area contributed by atoms with Gasteiger partial charge in [-0.2, -0.15) is 10.2 Å². The standard InChI is InChI=1S/C17H17BrFN5O/c1-11-15(18)8-21-24(11)12(2)17(25)22-14-7-20-23(10-14)9-13-5-3-4-6-16(13)19/h3-8,10,12H,9H2,1-2H3,(H,22,25). The second kappa shape index (κ2) is 7.18. The lowest BCUT2D eigenvalue weighted by Gasteiger charge is -2.13. The van der Waals surface area contributed by atoms with E-state index < -0.39 is 6.04 Å². The van der Waals surface area contributed by atoms with Crippen molar-refractivity contribution in [3.63, 3.8) is 0 Å². The molecule has 0 aliphatic heterocycles. The van der Waals surface area contributed by atoms with E-state index in [1.807, 2.05) is 6.92 Å². The summed E-state index contributed by atoms with van der Waals surface area (Å²) in [5.41, 5.74) is 1.96. The third-order valence-electron chi connectivity index (χ3n) is 3.92. The highest BCUT2D eigenvalue weighted by Gasteiger charge is 2.19. The van der Waals surface area contributed by atoms with E-state index in [1.165, 1.54) is 12.3 Å². The van der Waals surface area contributed by atoms with Gasteiger partial charge in [0.1, 0.15) is 11.9 Å². The molecule has 0 bridgehead atoms. The van der Waals surface area contributed by atoms with Gasteiger partial charge in [0.15, 0.2) is 0 Å². The lowest BCUT2D eigenvalue weighted by atomic mass is 10.2. The molecule has 3 rings (SSSR count). The molecule has 1 N–H and O–H groups in total. The number of benzene rings is 1. The summed E-state index contributed by atoms with van der Waals surface area (Å²) in [5, 5.41) is 11.2. The molecular weight excluding hydrogens is 389 g/mol. The minimum atomic E-state index is -0.471. The van der Waals surface area contributed by atoms with Crippen LogP contribution in [-0.2, 0) is 11.3 Å². The summed E-state index contributed by atoms with van der Waals surface area (Å²) in [6.45, 7) is 3.95. The molecule has 1 unspecified atom stereocenters. The minimum absolute atomic E-state index is 0.204. The Kier molecular flexibility index (Phi) is 4.98. The predicted molar refractivity (Wildman–Crippen MR) is 95.7 cm³/mol. The lowest BCUT2D eigenvalue weighted by Crippen LogP contribution is -2.25. The van der Waals surface area contributed by atoms with E-state index in [9.17, 15) is 9.18 Å². The van der Waals surface area contributed by atoms with E-state index in [4.69, 9.17) is 0 Å². The molecule has 0 spiro atoms. The fraction of sp³-hybridized carbons (Fsp3) is 0.235. The van der Waals surface area contributed by atoms with Crippen molar-refractivity contribution in [3.8, 4) is 0 Å². The van der Waals surface area contributed by atoms with E-state index in [0.29, 0.717) is 17.8 Å². The Balaban J connectivity index is 1.68. The van der Waals surface area contributed by atoms with E-state index in [1.54, 1.807) is 46.9 Å². The second-order valence-corrected chi connectivity index (χ2v) is 6.56. The van der Waals surface area contributed by atoms with Crippen molar-refractivity contribution in [2.45, 2.75) is 26.4 Å². The number of amides is 1. The first-order chi connectivity index (χ1) is 12.0. The third-order valence-corrected chi connectivity index (χ3v) is 4.70. The van der Waals surface area contributed by atoms with E-state index >= 15 is 0 Å². The summed E-state index contributed by atoms with van der Waals surface area (Å²) in [6.07, 6.45) is 4.87. The van der Waals surface area contributed by atoms with Gasteiger partial charge in [-0.3, -0.25) is 14.2 Å². The summed E-state index contributed by atoms with van der Waals surface area (Å²) >= 11 is 3.38. The summed E-state index contributed by atoms with van der Waals surface area (Å²) in [6, 6.07) is 6.06. The Hall–Kier alpha value is -2.48. The van der Waals surface area contributed by atoms with Crippen molar-refractivity contribution in [2.75, 3.05) is 5.32 Å². The van der Waals surface area contributed by atoms with Crippen molar-refractivity contribution in [1.82, 2.24) is 19.6 Å². The maximum atomic E-state index is 13.7. The van der Waals surface area contributed by atoms with Crippen LogP contribution in [0.3, 0.4) is 0 Å². The molecule has 0 saturated heterocycles. The topological polar surface area (TPSA) is 64.7 Å². The maximum Gasteiger partial charge on any atom is 0.249 e. The summed E-state index contributed by atoms with van der Waals surface area (Å²) in [4.78, 5) is 12.4. The van der Waals surface area contributed by atoms with Crippen LogP contribution in [0.15, 0.2) is 47.3 Å². The molecule has 0 aliphatic rings. The van der Waals surface area contributed by atoms with Crippen LogP contribution >= 0.6 is 15.9 Å². The molecule has 0 radical (unpaired) electrons. The van der Waals surface area contributed by atoms with Crippen molar-refractivity contribution in [1.29, 1.82) is 0 Å². The number of nitrogens with zero attached hydrogens (tertiary/aromatic N) is 4. The quantitative estimate of drug-likeness (QED) is 0.705. The molecule has 130 valence electrons. The Morgan fingerprint density at radius 2 is 2.08 bits per heavy atom. The number of rotatable bonds is 5. The van der Waals surface area contributed by atoms with Crippen LogP contribution in [0, 0.1) is 12.7 Å². The van der Waals surface area contributed by atoms with Gasteiger partial charge in [0.25, 0.3) is 0 Å². The van der Waals surface area contributed by atoms with Crippen molar-refractivity contribution < 1.29 is 9.18 Å². The van der Waals surface area contributed by atoms with Crippen LogP contribution in [0.25, 0.3) is 0 Å². The molecule has 6 nitrogen and oxygen atoms in total. The van der Waals surface area contributed by atoms with Gasteiger partial charge >= 0.3 is 0 Å². The molecule has 25 heavy (non-hydrogen) atoms. The molecular formula is C17H17BrFN5O. The Morgan fingerprint density at radius 3 is 2.76 bits per heavy atom. The summed E-state index contributed by atoms with van der Waals surface area (Å²) in [5.74, 6) is -0.485. The molecule has 2 heterocycles. The summed E-state index contributed by atoms with van der Waals surface area (Å²) in [7, 11) is 0. The van der Waals surface area contributed by atoms with Gasteiger partial charge < -0.3 is 5.32 Å². The summed E-state index contributed by atoms with van der Waals surface area (Å²) < 4.78 is 17.8. The average Bonchev–Trinajstić information content (AvgIpc) is 3.16. The van der Waals surface area contributed by atoms with Crippen LogP contribution in [0.2, 0.25) is 0 Å². The van der Waals surface area contributed by atoms with Crippen molar-refractivity contribution in [3.05, 3.63) is 64.4 Å². The van der Waals surface area contributed by atoms with Crippen molar-refractivity contribution in [2.24, 2.45) is 0 Å². The molecule has 0 fully saturated rings. The Morgan fingerprint density at radius 1 is 1.32 bits per heavy atom. The van der Waals surface area contributed by atoms with Gasteiger partial charge in [-0.05, 0) is 35.8 Å². The molecule has 2 aromatic heterocycles. The number of aromatic nitrogens is 4. The fourth-order valence-corrected chi connectivity index (χ4v) is 2.74. The molecule has 3 aromatic rings. The number of nitrogens with one attached hydrogen (secondary N) is 1. The number of hydrogen-bond acceptors (Lipinski definition) is 3. The molecule has 1 amide bonds. The monoisotopic (exact) mass is 405 g/mol. The molecule has 1 aromatic carbocycles. The van der Waals surface area contributed by atoms with Gasteiger partial charge in [0.2, 0.25) is 5.91 Å². The Labute approximate surface area is 152 Å². The normalized spacial score (nSPS) is 12.2. The minimum Gasteiger partial charge on any atom is -0.322 e. The van der Waals surface area contributed by atoms with Crippen LogP contribution < -0.4 is 5.32 Å². The zero-order valence-electron chi connectivity index (χ0n) is 13.8. The predicted octanol–water partition coefficient (Wildman–Crippen LogP) is 3.54. The fourth-order valence-electron chi connectivity index (χ4n) is 2.47. The smallest absolute Gasteiger partial charge is 0.249 e. The number of carbonyl (C=O) groups excluding carboxylic acids is 1. The highest BCUT2D eigenvalue weighted by molar-refractivity contribution is 9.10. The van der Waals surface area contributed by atoms with E-state index in [2.05, 4.69) is 31.4 Å². The van der Waals surface area contributed by atoms with Gasteiger partial charge in [-0.1, -0.05) is 18.2 Å². The zero-order chi connectivity index (χ0) is 18.0. The van der Waals surface area contributed by atoms with E-state index in [0.717, 1.165) is 10.2 Å². The van der Waals surface area contributed by atoms with Crippen LogP contribution in [0.5, 0.6) is 0 Å². The number of anilines is 1. The third kappa shape index (κ3) is 3.79. The van der Waals surface area contributed by atoms with Crippen LogP contribution in [0.4, 0.5) is 10.1 Å². The lowest BCUT2D eigenvalue weighted by molar-refractivity contribution is -0.119. The molecule has 1 atom stereocenters. The zero-order valence-corrected chi connectivity index (χ0v) is 15.4. The SMILES string of the molecule is Cc1c(Br)cnn1C(C)C(=O)Nc1cnn(Cc2ccccc2F)c1. The maximum absolute atomic E-state index is 13.7. The van der Waals surface area contributed by atoms with Gasteiger partial charge in [-0.25, -0.2) is 4.39 Å². The molecule has 8 heteroatoms. The van der Waals surface area contributed by atoms with Crippen LogP contribution in [0.1, 0.15) is 24.2 Å². The number of halogens is 2.